The summed E-state index contributed by atoms with van der Waals surface area (Å²) in [5, 5.41) is 18.4. The van der Waals surface area contributed by atoms with Crippen molar-refractivity contribution in [2.75, 3.05) is 53.2 Å². The third kappa shape index (κ3) is 5.79. The number of nitrogens with zero attached hydrogens (tertiary/aromatic N) is 1. The van der Waals surface area contributed by atoms with Gasteiger partial charge in [-0.2, -0.15) is 0 Å². The summed E-state index contributed by atoms with van der Waals surface area (Å²) in [6, 6.07) is 0. The van der Waals surface area contributed by atoms with Crippen molar-refractivity contribution in [2.45, 2.75) is 18.9 Å². The van der Waals surface area contributed by atoms with Crippen LogP contribution in [0.5, 0.6) is 0 Å². The molecular formula is C12H25NO4. The average Bonchev–Trinajstić information content (AvgIpc) is 2.38. The van der Waals surface area contributed by atoms with E-state index in [0.717, 1.165) is 39.1 Å². The summed E-state index contributed by atoms with van der Waals surface area (Å²) in [4.78, 5) is 2.34. The van der Waals surface area contributed by atoms with Gasteiger partial charge in [0, 0.05) is 13.7 Å². The van der Waals surface area contributed by atoms with Gasteiger partial charge in [-0.3, -0.25) is 0 Å². The first-order chi connectivity index (χ1) is 8.27. The van der Waals surface area contributed by atoms with Gasteiger partial charge in [0.1, 0.15) is 0 Å². The quantitative estimate of drug-likeness (QED) is 0.577. The van der Waals surface area contributed by atoms with Crippen molar-refractivity contribution in [1.29, 1.82) is 0 Å². The van der Waals surface area contributed by atoms with E-state index < -0.39 is 6.10 Å². The molecule has 1 unspecified atom stereocenters. The number of hydrogen-bond acceptors (Lipinski definition) is 5. The Kier molecular flexibility index (Phi) is 7.72. The fraction of sp³-hybridized carbons (Fsp3) is 1.00. The van der Waals surface area contributed by atoms with Crippen LogP contribution in [0.3, 0.4) is 0 Å². The zero-order valence-corrected chi connectivity index (χ0v) is 10.7. The van der Waals surface area contributed by atoms with E-state index in [1.807, 2.05) is 0 Å². The third-order valence-electron chi connectivity index (χ3n) is 3.35. The summed E-state index contributed by atoms with van der Waals surface area (Å²) < 4.78 is 10.3. The Bertz CT molecular complexity index is 183. The smallest absolute Gasteiger partial charge is 0.0799 e. The second-order valence-corrected chi connectivity index (χ2v) is 4.53. The summed E-state index contributed by atoms with van der Waals surface area (Å²) in [6.07, 6.45) is 1.37. The maximum absolute atomic E-state index is 9.54. The molecular weight excluding hydrogens is 222 g/mol. The molecule has 0 amide bonds. The Balaban J connectivity index is 2.03. The van der Waals surface area contributed by atoms with E-state index in [-0.39, 0.29) is 12.5 Å². The molecule has 1 rings (SSSR count). The molecule has 0 spiro atoms. The molecule has 0 aromatic rings. The molecule has 0 saturated carbocycles. The van der Waals surface area contributed by atoms with Gasteiger partial charge in [-0.15, -0.1) is 0 Å². The molecule has 1 fully saturated rings. The van der Waals surface area contributed by atoms with Gasteiger partial charge < -0.3 is 24.6 Å². The number of ether oxygens (including phenoxy) is 2. The Morgan fingerprint density at radius 1 is 1.24 bits per heavy atom. The molecule has 0 bridgehead atoms. The summed E-state index contributed by atoms with van der Waals surface area (Å²) in [5.41, 5.74) is 0. The Morgan fingerprint density at radius 3 is 2.53 bits per heavy atom. The van der Waals surface area contributed by atoms with Crippen LogP contribution < -0.4 is 0 Å². The minimum atomic E-state index is -0.546. The SMILES string of the molecule is COCCOCCN1CCC(C(O)CO)CC1. The lowest BCUT2D eigenvalue weighted by atomic mass is 9.92. The predicted octanol–water partition coefficient (Wildman–Crippen LogP) is -0.285. The van der Waals surface area contributed by atoms with Crippen LogP contribution in [0, 0.1) is 5.92 Å². The van der Waals surface area contributed by atoms with Gasteiger partial charge in [0.2, 0.25) is 0 Å². The molecule has 5 nitrogen and oxygen atoms in total. The van der Waals surface area contributed by atoms with E-state index in [9.17, 15) is 5.11 Å². The van der Waals surface area contributed by atoms with E-state index in [1.165, 1.54) is 0 Å². The predicted molar refractivity (Wildman–Crippen MR) is 65.0 cm³/mol. The molecule has 0 aromatic carbocycles. The van der Waals surface area contributed by atoms with Crippen molar-refractivity contribution >= 4 is 0 Å². The zero-order valence-electron chi connectivity index (χ0n) is 10.7. The van der Waals surface area contributed by atoms with Gasteiger partial charge in [-0.25, -0.2) is 0 Å². The molecule has 0 radical (unpaired) electrons. The minimum Gasteiger partial charge on any atom is -0.394 e. The molecule has 1 aliphatic heterocycles. The first-order valence-electron chi connectivity index (χ1n) is 6.36. The fourth-order valence-electron chi connectivity index (χ4n) is 2.15. The van der Waals surface area contributed by atoms with Gasteiger partial charge in [0.05, 0.1) is 32.5 Å². The van der Waals surface area contributed by atoms with Gasteiger partial charge in [0.25, 0.3) is 0 Å². The Hall–Kier alpha value is -0.200. The molecule has 1 saturated heterocycles. The lowest BCUT2D eigenvalue weighted by molar-refractivity contribution is 0.00973. The van der Waals surface area contributed by atoms with E-state index in [2.05, 4.69) is 4.90 Å². The highest BCUT2D eigenvalue weighted by Crippen LogP contribution is 2.20. The average molecular weight is 247 g/mol. The second-order valence-electron chi connectivity index (χ2n) is 4.53. The Labute approximate surface area is 103 Å². The highest BCUT2D eigenvalue weighted by Gasteiger charge is 2.24. The van der Waals surface area contributed by atoms with Gasteiger partial charge in [-0.1, -0.05) is 0 Å². The van der Waals surface area contributed by atoms with Crippen LogP contribution in [-0.4, -0.2) is 74.4 Å². The molecule has 5 heteroatoms. The van der Waals surface area contributed by atoms with Crippen LogP contribution >= 0.6 is 0 Å². The number of aliphatic hydroxyl groups is 2. The largest absolute Gasteiger partial charge is 0.394 e. The van der Waals surface area contributed by atoms with Gasteiger partial charge in [-0.05, 0) is 31.8 Å². The van der Waals surface area contributed by atoms with E-state index in [4.69, 9.17) is 14.6 Å². The number of rotatable bonds is 8. The van der Waals surface area contributed by atoms with E-state index in [0.29, 0.717) is 13.2 Å². The van der Waals surface area contributed by atoms with Gasteiger partial charge >= 0.3 is 0 Å². The lowest BCUT2D eigenvalue weighted by Crippen LogP contribution is -2.40. The van der Waals surface area contributed by atoms with Crippen LogP contribution in [-0.2, 0) is 9.47 Å². The number of hydrogen-bond donors (Lipinski definition) is 2. The van der Waals surface area contributed by atoms with Crippen molar-refractivity contribution in [1.82, 2.24) is 4.90 Å². The van der Waals surface area contributed by atoms with E-state index in [1.54, 1.807) is 7.11 Å². The molecule has 17 heavy (non-hydrogen) atoms. The number of piperidine rings is 1. The van der Waals surface area contributed by atoms with Crippen LogP contribution in [0.15, 0.2) is 0 Å². The van der Waals surface area contributed by atoms with Crippen LogP contribution in [0.1, 0.15) is 12.8 Å². The van der Waals surface area contributed by atoms with Crippen LogP contribution in [0.25, 0.3) is 0 Å². The van der Waals surface area contributed by atoms with Crippen LogP contribution in [0.4, 0.5) is 0 Å². The molecule has 2 N–H and O–H groups in total. The number of likely N-dealkylation sites (tertiary alicyclic amines) is 1. The summed E-state index contributed by atoms with van der Waals surface area (Å²) in [6.45, 7) is 4.80. The summed E-state index contributed by atoms with van der Waals surface area (Å²) >= 11 is 0. The molecule has 0 aromatic heterocycles. The maximum atomic E-state index is 9.54. The fourth-order valence-corrected chi connectivity index (χ4v) is 2.15. The first kappa shape index (κ1) is 14.9. The van der Waals surface area contributed by atoms with E-state index >= 15 is 0 Å². The maximum Gasteiger partial charge on any atom is 0.0799 e. The van der Waals surface area contributed by atoms with Crippen molar-refractivity contribution in [3.8, 4) is 0 Å². The first-order valence-corrected chi connectivity index (χ1v) is 6.36. The number of aliphatic hydroxyl groups excluding tert-OH is 2. The molecule has 102 valence electrons. The summed E-state index contributed by atoms with van der Waals surface area (Å²) in [7, 11) is 1.67. The monoisotopic (exact) mass is 247 g/mol. The van der Waals surface area contributed by atoms with Crippen molar-refractivity contribution in [3.05, 3.63) is 0 Å². The second kappa shape index (κ2) is 8.83. The Morgan fingerprint density at radius 2 is 1.94 bits per heavy atom. The van der Waals surface area contributed by atoms with Crippen molar-refractivity contribution in [2.24, 2.45) is 5.92 Å². The molecule has 1 aliphatic rings. The molecule has 1 heterocycles. The highest BCUT2D eigenvalue weighted by molar-refractivity contribution is 4.76. The molecule has 1 atom stereocenters. The minimum absolute atomic E-state index is 0.120. The van der Waals surface area contributed by atoms with Crippen molar-refractivity contribution < 1.29 is 19.7 Å². The normalized spacial score (nSPS) is 20.6. The zero-order chi connectivity index (χ0) is 12.5. The third-order valence-corrected chi connectivity index (χ3v) is 3.35. The van der Waals surface area contributed by atoms with Crippen molar-refractivity contribution in [3.63, 3.8) is 0 Å². The topological polar surface area (TPSA) is 62.2 Å². The molecule has 0 aliphatic carbocycles. The van der Waals surface area contributed by atoms with Gasteiger partial charge in [0.15, 0.2) is 0 Å². The standard InChI is InChI=1S/C12H25NO4/c1-16-8-9-17-7-6-13-4-2-11(3-5-13)12(15)10-14/h11-12,14-15H,2-10H2,1H3. The summed E-state index contributed by atoms with van der Waals surface area (Å²) in [5.74, 6) is 0.255. The lowest BCUT2D eigenvalue weighted by Gasteiger charge is -2.33. The highest BCUT2D eigenvalue weighted by atomic mass is 16.5. The van der Waals surface area contributed by atoms with Crippen LogP contribution in [0.2, 0.25) is 0 Å². The number of methoxy groups -OCH3 is 1.